The minimum atomic E-state index is 0.762. The molecule has 1 unspecified atom stereocenters. The number of hydrogen-bond acceptors (Lipinski definition) is 0. The Morgan fingerprint density at radius 1 is 0.867 bits per heavy atom. The molecule has 0 spiro atoms. The molecule has 2 fully saturated rings. The molecule has 0 heterocycles. The Balaban J connectivity index is 1.93. The van der Waals surface area contributed by atoms with Crippen LogP contribution in [0.4, 0.5) is 0 Å². The molecule has 0 saturated heterocycles. The summed E-state index contributed by atoms with van der Waals surface area (Å²) in [7, 11) is 0. The standard InChI is InChI=1S/C15H18/c1-2-6-12(7-3-1)14-8-4-5-9-15(14)13-10-11-13/h1-3,6-7,14H,4-5,8-11H2. The molecule has 2 aliphatic carbocycles. The van der Waals surface area contributed by atoms with Gasteiger partial charge in [0.1, 0.15) is 0 Å². The van der Waals surface area contributed by atoms with Crippen molar-refractivity contribution in [3.8, 4) is 0 Å². The van der Waals surface area contributed by atoms with Crippen molar-refractivity contribution in [3.05, 3.63) is 47.0 Å². The van der Waals surface area contributed by atoms with Crippen molar-refractivity contribution in [2.75, 3.05) is 0 Å². The zero-order chi connectivity index (χ0) is 10.1. The summed E-state index contributed by atoms with van der Waals surface area (Å²) in [4.78, 5) is 0. The molecule has 1 aromatic rings. The Labute approximate surface area is 92.0 Å². The molecule has 0 N–H and O–H groups in total. The lowest BCUT2D eigenvalue weighted by molar-refractivity contribution is 0.538. The molecule has 0 bridgehead atoms. The van der Waals surface area contributed by atoms with Gasteiger partial charge in [-0.2, -0.15) is 0 Å². The van der Waals surface area contributed by atoms with Crippen LogP contribution in [0.25, 0.3) is 0 Å². The largest absolute Gasteiger partial charge is 0.0698 e. The Kier molecular flexibility index (Phi) is 2.36. The predicted octanol–water partition coefficient (Wildman–Crippen LogP) is 4.43. The second-order valence-corrected chi connectivity index (χ2v) is 4.84. The molecule has 1 atom stereocenters. The zero-order valence-electron chi connectivity index (χ0n) is 9.21. The second kappa shape index (κ2) is 3.84. The van der Waals surface area contributed by atoms with E-state index in [1.807, 2.05) is 0 Å². The zero-order valence-corrected chi connectivity index (χ0v) is 9.21. The van der Waals surface area contributed by atoms with Crippen molar-refractivity contribution in [1.82, 2.24) is 0 Å². The highest BCUT2D eigenvalue weighted by atomic mass is 14.3. The summed E-state index contributed by atoms with van der Waals surface area (Å²) in [6, 6.07) is 11.1. The maximum absolute atomic E-state index is 2.30. The molecule has 2 aliphatic rings. The third-order valence-electron chi connectivity index (χ3n) is 3.77. The van der Waals surface area contributed by atoms with Crippen LogP contribution in [0, 0.1) is 0 Å². The monoisotopic (exact) mass is 198 g/mol. The average molecular weight is 198 g/mol. The fourth-order valence-corrected chi connectivity index (χ4v) is 2.87. The van der Waals surface area contributed by atoms with Gasteiger partial charge in [-0.05, 0) is 37.7 Å². The second-order valence-electron chi connectivity index (χ2n) is 4.84. The highest BCUT2D eigenvalue weighted by Gasteiger charge is 2.27. The van der Waals surface area contributed by atoms with Gasteiger partial charge in [-0.25, -0.2) is 0 Å². The Hall–Kier alpha value is -1.04. The molecule has 0 radical (unpaired) electrons. The van der Waals surface area contributed by atoms with Crippen LogP contribution in [0.15, 0.2) is 41.5 Å². The first kappa shape index (κ1) is 9.21. The summed E-state index contributed by atoms with van der Waals surface area (Å²) < 4.78 is 0. The number of benzene rings is 1. The molecular formula is C15H18. The number of allylic oxidation sites excluding steroid dienone is 2. The molecule has 3 rings (SSSR count). The van der Waals surface area contributed by atoms with Gasteiger partial charge in [0.2, 0.25) is 0 Å². The molecule has 0 heteroatoms. The molecule has 0 aromatic heterocycles. The Morgan fingerprint density at radius 2 is 1.67 bits per heavy atom. The van der Waals surface area contributed by atoms with Crippen molar-refractivity contribution in [3.63, 3.8) is 0 Å². The topological polar surface area (TPSA) is 0 Å². The summed E-state index contributed by atoms with van der Waals surface area (Å²) in [5.74, 6) is 0.762. The van der Waals surface area contributed by atoms with E-state index >= 15 is 0 Å². The lowest BCUT2D eigenvalue weighted by atomic mass is 9.79. The predicted molar refractivity (Wildman–Crippen MR) is 63.9 cm³/mol. The molecule has 2 saturated carbocycles. The van der Waals surface area contributed by atoms with Crippen LogP contribution in [0.3, 0.4) is 0 Å². The smallest absolute Gasteiger partial charge is 0.00508 e. The van der Waals surface area contributed by atoms with Crippen LogP contribution >= 0.6 is 0 Å². The van der Waals surface area contributed by atoms with E-state index in [1.54, 1.807) is 16.7 Å². The maximum Gasteiger partial charge on any atom is 0.00508 e. The van der Waals surface area contributed by atoms with Crippen LogP contribution in [0.5, 0.6) is 0 Å². The normalized spacial score (nSPS) is 25.5. The van der Waals surface area contributed by atoms with Crippen LogP contribution < -0.4 is 0 Å². The molecular weight excluding hydrogens is 180 g/mol. The van der Waals surface area contributed by atoms with Gasteiger partial charge in [0, 0.05) is 5.92 Å². The Morgan fingerprint density at radius 3 is 2.40 bits per heavy atom. The minimum absolute atomic E-state index is 0.762. The van der Waals surface area contributed by atoms with Crippen molar-refractivity contribution in [1.29, 1.82) is 0 Å². The van der Waals surface area contributed by atoms with E-state index in [-0.39, 0.29) is 0 Å². The molecule has 78 valence electrons. The van der Waals surface area contributed by atoms with Crippen LogP contribution in [0.2, 0.25) is 0 Å². The first-order valence-electron chi connectivity index (χ1n) is 6.21. The van der Waals surface area contributed by atoms with E-state index in [9.17, 15) is 0 Å². The van der Waals surface area contributed by atoms with Crippen LogP contribution in [0.1, 0.15) is 50.0 Å². The third kappa shape index (κ3) is 1.86. The van der Waals surface area contributed by atoms with Gasteiger partial charge in [0.15, 0.2) is 0 Å². The highest BCUT2D eigenvalue weighted by molar-refractivity contribution is 5.37. The van der Waals surface area contributed by atoms with Crippen LogP contribution in [-0.4, -0.2) is 0 Å². The summed E-state index contributed by atoms with van der Waals surface area (Å²) >= 11 is 0. The number of rotatable bonds is 1. The van der Waals surface area contributed by atoms with Crippen LogP contribution in [-0.2, 0) is 0 Å². The van der Waals surface area contributed by atoms with Gasteiger partial charge >= 0.3 is 0 Å². The lowest BCUT2D eigenvalue weighted by Crippen LogP contribution is -2.08. The van der Waals surface area contributed by atoms with E-state index in [0.717, 1.165) is 5.92 Å². The molecule has 0 aliphatic heterocycles. The van der Waals surface area contributed by atoms with Gasteiger partial charge < -0.3 is 0 Å². The quantitative estimate of drug-likeness (QED) is 0.585. The van der Waals surface area contributed by atoms with Gasteiger partial charge in [-0.3, -0.25) is 0 Å². The summed E-state index contributed by atoms with van der Waals surface area (Å²) in [5.41, 5.74) is 5.13. The van der Waals surface area contributed by atoms with E-state index in [1.165, 1.54) is 38.5 Å². The van der Waals surface area contributed by atoms with E-state index in [0.29, 0.717) is 0 Å². The molecule has 15 heavy (non-hydrogen) atoms. The maximum atomic E-state index is 2.30. The summed E-state index contributed by atoms with van der Waals surface area (Å²) in [6.07, 6.45) is 8.35. The van der Waals surface area contributed by atoms with E-state index in [2.05, 4.69) is 30.3 Å². The molecule has 1 aromatic carbocycles. The SMILES string of the molecule is c1ccc(C2CCCCC2=C2CC2)cc1. The lowest BCUT2D eigenvalue weighted by Gasteiger charge is -2.26. The van der Waals surface area contributed by atoms with Crippen molar-refractivity contribution in [2.45, 2.75) is 44.4 Å². The Bertz CT molecular complexity index is 366. The van der Waals surface area contributed by atoms with Crippen molar-refractivity contribution >= 4 is 0 Å². The van der Waals surface area contributed by atoms with Gasteiger partial charge in [0.05, 0.1) is 0 Å². The highest BCUT2D eigenvalue weighted by Crippen LogP contribution is 2.45. The fraction of sp³-hybridized carbons (Fsp3) is 0.467. The first-order chi connectivity index (χ1) is 7.45. The minimum Gasteiger partial charge on any atom is -0.0698 e. The van der Waals surface area contributed by atoms with Crippen molar-refractivity contribution < 1.29 is 0 Å². The third-order valence-corrected chi connectivity index (χ3v) is 3.77. The van der Waals surface area contributed by atoms with E-state index < -0.39 is 0 Å². The van der Waals surface area contributed by atoms with Gasteiger partial charge in [0.25, 0.3) is 0 Å². The fourth-order valence-electron chi connectivity index (χ4n) is 2.87. The number of hydrogen-bond donors (Lipinski definition) is 0. The van der Waals surface area contributed by atoms with Gasteiger partial charge in [-0.1, -0.05) is 47.9 Å². The average Bonchev–Trinajstić information content (AvgIpc) is 3.14. The summed E-state index contributed by atoms with van der Waals surface area (Å²) in [5, 5.41) is 0. The van der Waals surface area contributed by atoms with Crippen molar-refractivity contribution in [2.24, 2.45) is 0 Å². The molecule has 0 amide bonds. The molecule has 0 nitrogen and oxygen atoms in total. The van der Waals surface area contributed by atoms with E-state index in [4.69, 9.17) is 0 Å². The van der Waals surface area contributed by atoms with Gasteiger partial charge in [-0.15, -0.1) is 0 Å². The summed E-state index contributed by atoms with van der Waals surface area (Å²) in [6.45, 7) is 0. The first-order valence-corrected chi connectivity index (χ1v) is 6.21.